The molecule has 0 saturated heterocycles. The Bertz CT molecular complexity index is 231. The molecule has 0 saturated carbocycles. The molecule has 0 aromatic carbocycles. The Kier molecular flexibility index (Phi) is 3.31. The summed E-state index contributed by atoms with van der Waals surface area (Å²) in [4.78, 5) is 0. The van der Waals surface area contributed by atoms with Crippen molar-refractivity contribution in [2.24, 2.45) is 16.0 Å². The van der Waals surface area contributed by atoms with E-state index in [4.69, 9.17) is 5.21 Å². The lowest BCUT2D eigenvalue weighted by molar-refractivity contribution is 0.299. The van der Waals surface area contributed by atoms with Crippen LogP contribution in [0.2, 0.25) is 0 Å². The van der Waals surface area contributed by atoms with Crippen molar-refractivity contribution >= 4 is 5.71 Å². The summed E-state index contributed by atoms with van der Waals surface area (Å²) in [6.07, 6.45) is 0. The van der Waals surface area contributed by atoms with E-state index in [0.29, 0.717) is 0 Å². The molecule has 0 fully saturated rings. The third-order valence-corrected chi connectivity index (χ3v) is 2.47. The first-order valence-corrected chi connectivity index (χ1v) is 4.53. The van der Waals surface area contributed by atoms with Crippen LogP contribution in [0.15, 0.2) is 17.3 Å². The van der Waals surface area contributed by atoms with Gasteiger partial charge >= 0.3 is 0 Å². The van der Waals surface area contributed by atoms with Gasteiger partial charge in [-0.1, -0.05) is 51.9 Å². The van der Waals surface area contributed by atoms with Crippen molar-refractivity contribution < 1.29 is 5.21 Å². The fourth-order valence-corrected chi connectivity index (χ4v) is 1.41. The van der Waals surface area contributed by atoms with Crippen LogP contribution in [0.3, 0.4) is 0 Å². The number of hydrogen-bond donors (Lipinski definition) is 1. The molecule has 0 aromatic rings. The first kappa shape index (κ1) is 12.2. The third-order valence-electron chi connectivity index (χ3n) is 2.47. The van der Waals surface area contributed by atoms with Crippen LogP contribution in [-0.4, -0.2) is 10.9 Å². The standard InChI is InChI=1S/C11H21NO/c1-8(2)11(6,7)9(12-13)10(3,4)5/h13H,1H2,2-7H3. The fraction of sp³-hybridized carbons (Fsp3) is 0.727. The molecular weight excluding hydrogens is 162 g/mol. The van der Waals surface area contributed by atoms with Crippen LogP contribution >= 0.6 is 0 Å². The summed E-state index contributed by atoms with van der Waals surface area (Å²) in [7, 11) is 0. The first-order valence-electron chi connectivity index (χ1n) is 4.53. The molecule has 0 heterocycles. The van der Waals surface area contributed by atoms with E-state index in [0.717, 1.165) is 11.3 Å². The summed E-state index contributed by atoms with van der Waals surface area (Å²) in [5.41, 5.74) is 1.41. The van der Waals surface area contributed by atoms with Gasteiger partial charge in [-0.3, -0.25) is 0 Å². The largest absolute Gasteiger partial charge is 0.411 e. The Morgan fingerprint density at radius 1 is 1.15 bits per heavy atom. The highest BCUT2D eigenvalue weighted by Crippen LogP contribution is 2.35. The van der Waals surface area contributed by atoms with Gasteiger partial charge in [0, 0.05) is 10.8 Å². The van der Waals surface area contributed by atoms with Crippen LogP contribution in [-0.2, 0) is 0 Å². The van der Waals surface area contributed by atoms with Crippen molar-refractivity contribution in [3.05, 3.63) is 12.2 Å². The summed E-state index contributed by atoms with van der Waals surface area (Å²) in [6, 6.07) is 0. The number of nitrogens with zero attached hydrogens (tertiary/aromatic N) is 1. The molecule has 0 bridgehead atoms. The Hall–Kier alpha value is -0.790. The normalized spacial score (nSPS) is 14.5. The molecule has 2 nitrogen and oxygen atoms in total. The smallest absolute Gasteiger partial charge is 0.0720 e. The highest BCUT2D eigenvalue weighted by Gasteiger charge is 2.34. The molecule has 0 spiro atoms. The topological polar surface area (TPSA) is 32.6 Å². The summed E-state index contributed by atoms with van der Waals surface area (Å²) >= 11 is 0. The van der Waals surface area contributed by atoms with E-state index in [1.807, 2.05) is 41.5 Å². The van der Waals surface area contributed by atoms with Gasteiger partial charge < -0.3 is 5.21 Å². The summed E-state index contributed by atoms with van der Waals surface area (Å²) in [5.74, 6) is 0. The van der Waals surface area contributed by atoms with Gasteiger partial charge in [0.15, 0.2) is 0 Å². The second kappa shape index (κ2) is 3.52. The van der Waals surface area contributed by atoms with Gasteiger partial charge in [-0.2, -0.15) is 0 Å². The molecule has 0 atom stereocenters. The zero-order valence-electron chi connectivity index (χ0n) is 9.60. The number of rotatable bonds is 2. The molecular formula is C11H21NO. The zero-order chi connectivity index (χ0) is 10.9. The highest BCUT2D eigenvalue weighted by atomic mass is 16.4. The lowest BCUT2D eigenvalue weighted by Crippen LogP contribution is -2.35. The van der Waals surface area contributed by atoms with Gasteiger partial charge in [-0.25, -0.2) is 0 Å². The minimum atomic E-state index is -0.243. The maximum Gasteiger partial charge on any atom is 0.0720 e. The average molecular weight is 183 g/mol. The molecule has 0 aliphatic rings. The van der Waals surface area contributed by atoms with Crippen molar-refractivity contribution in [1.29, 1.82) is 0 Å². The zero-order valence-corrected chi connectivity index (χ0v) is 9.60. The van der Waals surface area contributed by atoms with Crippen LogP contribution in [0.4, 0.5) is 0 Å². The van der Waals surface area contributed by atoms with Crippen molar-refractivity contribution in [2.45, 2.75) is 41.5 Å². The quantitative estimate of drug-likeness (QED) is 0.302. The number of hydrogen-bond acceptors (Lipinski definition) is 2. The maximum absolute atomic E-state index is 8.99. The van der Waals surface area contributed by atoms with E-state index < -0.39 is 0 Å². The lowest BCUT2D eigenvalue weighted by Gasteiger charge is -2.34. The SMILES string of the molecule is C=C(C)C(C)(C)C(=NO)C(C)(C)C. The minimum absolute atomic E-state index is 0.128. The summed E-state index contributed by atoms with van der Waals surface area (Å²) in [6.45, 7) is 16.0. The molecule has 0 radical (unpaired) electrons. The molecule has 76 valence electrons. The van der Waals surface area contributed by atoms with Gasteiger partial charge in [-0.15, -0.1) is 0 Å². The van der Waals surface area contributed by atoms with Crippen molar-refractivity contribution in [2.75, 3.05) is 0 Å². The molecule has 0 amide bonds. The predicted octanol–water partition coefficient (Wildman–Crippen LogP) is 3.47. The Morgan fingerprint density at radius 2 is 1.54 bits per heavy atom. The average Bonchev–Trinajstić information content (AvgIpc) is 1.83. The molecule has 0 aliphatic carbocycles. The van der Waals surface area contributed by atoms with Crippen LogP contribution in [0.1, 0.15) is 41.5 Å². The summed E-state index contributed by atoms with van der Waals surface area (Å²) in [5, 5.41) is 12.4. The van der Waals surface area contributed by atoms with Gasteiger partial charge in [0.1, 0.15) is 0 Å². The minimum Gasteiger partial charge on any atom is -0.411 e. The van der Waals surface area contributed by atoms with Gasteiger partial charge in [-0.05, 0) is 6.92 Å². The highest BCUT2D eigenvalue weighted by molar-refractivity contribution is 5.95. The van der Waals surface area contributed by atoms with Crippen molar-refractivity contribution in [3.8, 4) is 0 Å². The first-order chi connectivity index (χ1) is 5.64. The molecule has 0 unspecified atom stereocenters. The van der Waals surface area contributed by atoms with E-state index in [2.05, 4.69) is 11.7 Å². The van der Waals surface area contributed by atoms with Gasteiger partial charge in [0.2, 0.25) is 0 Å². The lowest BCUT2D eigenvalue weighted by atomic mass is 9.71. The van der Waals surface area contributed by atoms with E-state index >= 15 is 0 Å². The Labute approximate surface area is 81.3 Å². The van der Waals surface area contributed by atoms with Gasteiger partial charge in [0.05, 0.1) is 5.71 Å². The van der Waals surface area contributed by atoms with E-state index in [-0.39, 0.29) is 10.8 Å². The van der Waals surface area contributed by atoms with Crippen LogP contribution < -0.4 is 0 Å². The number of oxime groups is 1. The fourth-order valence-electron chi connectivity index (χ4n) is 1.41. The van der Waals surface area contributed by atoms with Crippen LogP contribution in [0.5, 0.6) is 0 Å². The van der Waals surface area contributed by atoms with E-state index in [1.54, 1.807) is 0 Å². The van der Waals surface area contributed by atoms with Crippen molar-refractivity contribution in [1.82, 2.24) is 0 Å². The molecule has 0 rings (SSSR count). The van der Waals surface area contributed by atoms with E-state index in [9.17, 15) is 0 Å². The molecule has 1 N–H and O–H groups in total. The van der Waals surface area contributed by atoms with Crippen LogP contribution in [0.25, 0.3) is 0 Å². The second-order valence-electron chi connectivity index (χ2n) is 5.10. The van der Waals surface area contributed by atoms with E-state index in [1.165, 1.54) is 0 Å². The number of allylic oxidation sites excluding steroid dienone is 1. The maximum atomic E-state index is 8.99. The Morgan fingerprint density at radius 3 is 1.62 bits per heavy atom. The molecule has 13 heavy (non-hydrogen) atoms. The third kappa shape index (κ3) is 2.58. The Balaban J connectivity index is 5.15. The predicted molar refractivity (Wildman–Crippen MR) is 57.3 cm³/mol. The van der Waals surface area contributed by atoms with Crippen molar-refractivity contribution in [3.63, 3.8) is 0 Å². The molecule has 0 aromatic heterocycles. The molecule has 0 aliphatic heterocycles. The second-order valence-corrected chi connectivity index (χ2v) is 5.10. The van der Waals surface area contributed by atoms with Crippen LogP contribution in [0, 0.1) is 10.8 Å². The summed E-state index contributed by atoms with van der Waals surface area (Å²) < 4.78 is 0. The van der Waals surface area contributed by atoms with Gasteiger partial charge in [0.25, 0.3) is 0 Å². The monoisotopic (exact) mass is 183 g/mol. The molecule has 2 heteroatoms.